The number of esters is 1. The van der Waals surface area contributed by atoms with Gasteiger partial charge in [0, 0.05) is 11.3 Å². The van der Waals surface area contributed by atoms with E-state index in [2.05, 4.69) is 20.5 Å². The van der Waals surface area contributed by atoms with Crippen molar-refractivity contribution in [2.75, 3.05) is 11.9 Å². The first-order valence-corrected chi connectivity index (χ1v) is 8.40. The Labute approximate surface area is 154 Å². The number of rotatable bonds is 5. The molecule has 1 amide bonds. The zero-order chi connectivity index (χ0) is 18.8. The van der Waals surface area contributed by atoms with Gasteiger partial charge in [0.25, 0.3) is 5.91 Å². The van der Waals surface area contributed by atoms with Gasteiger partial charge in [-0.05, 0) is 31.2 Å². The van der Waals surface area contributed by atoms with Crippen molar-refractivity contribution in [2.45, 2.75) is 20.8 Å². The molecule has 0 aliphatic carbocycles. The minimum atomic E-state index is -0.411. The average molecular weight is 376 g/mol. The number of H-pyrrole nitrogens is 1. The molecule has 2 aromatic heterocycles. The van der Waals surface area contributed by atoms with Crippen LogP contribution in [0.5, 0.6) is 0 Å². The fourth-order valence-corrected chi connectivity index (χ4v) is 2.40. The first-order valence-electron chi connectivity index (χ1n) is 8.03. The van der Waals surface area contributed by atoms with Crippen LogP contribution in [0.1, 0.15) is 19.5 Å². The second-order valence-corrected chi connectivity index (χ2v) is 6.49. The third-order valence-corrected chi connectivity index (χ3v) is 4.10. The minimum absolute atomic E-state index is 0.271. The van der Waals surface area contributed by atoms with Gasteiger partial charge in [-0.25, -0.2) is 4.98 Å². The molecule has 0 atom stereocenters. The molecule has 0 saturated heterocycles. The quantitative estimate of drug-likeness (QED) is 0.668. The Kier molecular flexibility index (Phi) is 4.94. The predicted molar refractivity (Wildman–Crippen MR) is 96.9 cm³/mol. The highest BCUT2D eigenvalue weighted by atomic mass is 35.5. The van der Waals surface area contributed by atoms with Gasteiger partial charge in [-0.15, -0.1) is 5.10 Å². The smallest absolute Gasteiger partial charge is 0.308 e. The van der Waals surface area contributed by atoms with Crippen LogP contribution in [-0.2, 0) is 14.3 Å². The molecule has 2 heterocycles. The van der Waals surface area contributed by atoms with E-state index in [9.17, 15) is 9.59 Å². The van der Waals surface area contributed by atoms with Crippen molar-refractivity contribution in [3.05, 3.63) is 35.0 Å². The highest BCUT2D eigenvalue weighted by molar-refractivity contribution is 6.34. The van der Waals surface area contributed by atoms with Crippen LogP contribution in [0.4, 0.5) is 5.69 Å². The van der Waals surface area contributed by atoms with Crippen LogP contribution in [0.15, 0.2) is 24.3 Å². The molecule has 136 valence electrons. The Morgan fingerprint density at radius 1 is 1.31 bits per heavy atom. The van der Waals surface area contributed by atoms with Gasteiger partial charge in [0.15, 0.2) is 18.1 Å². The molecular weight excluding hydrogens is 358 g/mol. The molecule has 0 aliphatic rings. The molecule has 3 rings (SSSR count). The molecule has 3 aromatic rings. The van der Waals surface area contributed by atoms with Crippen LogP contribution >= 0.6 is 11.6 Å². The van der Waals surface area contributed by atoms with Crippen LogP contribution in [0.25, 0.3) is 17.0 Å². The summed E-state index contributed by atoms with van der Waals surface area (Å²) >= 11 is 6.16. The number of nitrogens with zero attached hydrogens (tertiary/aromatic N) is 3. The van der Waals surface area contributed by atoms with Gasteiger partial charge in [-0.2, -0.15) is 4.63 Å². The van der Waals surface area contributed by atoms with Crippen LogP contribution in [0.3, 0.4) is 0 Å². The molecule has 0 bridgehead atoms. The third kappa shape index (κ3) is 3.70. The zero-order valence-electron chi connectivity index (χ0n) is 14.5. The van der Waals surface area contributed by atoms with Gasteiger partial charge in [-0.3, -0.25) is 14.7 Å². The lowest BCUT2D eigenvalue weighted by Gasteiger charge is -2.08. The predicted octanol–water partition coefficient (Wildman–Crippen LogP) is 2.82. The van der Waals surface area contributed by atoms with Crippen molar-refractivity contribution < 1.29 is 14.3 Å². The van der Waals surface area contributed by atoms with E-state index < -0.39 is 11.9 Å². The Morgan fingerprint density at radius 2 is 2.00 bits per heavy atom. The maximum Gasteiger partial charge on any atom is 0.308 e. The fourth-order valence-electron chi connectivity index (χ4n) is 2.23. The van der Waals surface area contributed by atoms with E-state index in [-0.39, 0.29) is 12.5 Å². The van der Waals surface area contributed by atoms with Crippen molar-refractivity contribution in [1.29, 1.82) is 0 Å². The zero-order valence-corrected chi connectivity index (χ0v) is 15.3. The van der Waals surface area contributed by atoms with Gasteiger partial charge in [0.2, 0.25) is 0 Å². The number of amides is 1. The minimum Gasteiger partial charge on any atom is -0.455 e. The second-order valence-electron chi connectivity index (χ2n) is 6.11. The van der Waals surface area contributed by atoms with Crippen LogP contribution in [-0.4, -0.2) is 38.3 Å². The van der Waals surface area contributed by atoms with E-state index in [1.54, 1.807) is 38.1 Å². The van der Waals surface area contributed by atoms with Crippen molar-refractivity contribution in [3.8, 4) is 11.4 Å². The van der Waals surface area contributed by atoms with Gasteiger partial charge in [0.05, 0.1) is 11.6 Å². The van der Waals surface area contributed by atoms with Gasteiger partial charge >= 0.3 is 5.97 Å². The van der Waals surface area contributed by atoms with Crippen molar-refractivity contribution in [2.24, 2.45) is 5.92 Å². The molecule has 8 nitrogen and oxygen atoms in total. The molecule has 0 spiro atoms. The van der Waals surface area contributed by atoms with E-state index in [0.29, 0.717) is 22.2 Å². The van der Waals surface area contributed by atoms with Crippen LogP contribution in [0, 0.1) is 12.8 Å². The number of hydrogen-bond acceptors (Lipinski definition) is 5. The number of anilines is 1. The summed E-state index contributed by atoms with van der Waals surface area (Å²) in [4.78, 5) is 27.6. The topological polar surface area (TPSA) is 101 Å². The van der Waals surface area contributed by atoms with E-state index in [1.807, 2.05) is 6.92 Å². The van der Waals surface area contributed by atoms with Crippen molar-refractivity contribution >= 4 is 34.8 Å². The monoisotopic (exact) mass is 375 g/mol. The van der Waals surface area contributed by atoms with Crippen molar-refractivity contribution in [1.82, 2.24) is 19.8 Å². The Morgan fingerprint density at radius 3 is 2.62 bits per heavy atom. The Balaban J connectivity index is 1.66. The van der Waals surface area contributed by atoms with Crippen LogP contribution in [0.2, 0.25) is 5.02 Å². The fraction of sp³-hybridized carbons (Fsp3) is 0.294. The number of benzene rings is 1. The largest absolute Gasteiger partial charge is 0.455 e. The van der Waals surface area contributed by atoms with Crippen molar-refractivity contribution in [3.63, 3.8) is 0 Å². The summed E-state index contributed by atoms with van der Waals surface area (Å²) in [5.74, 6) is -0.567. The number of aromatic nitrogens is 4. The molecule has 1 aromatic carbocycles. The lowest BCUT2D eigenvalue weighted by Crippen LogP contribution is -2.22. The number of fused-ring (bicyclic) bond motifs is 1. The van der Waals surface area contributed by atoms with Gasteiger partial charge in [0.1, 0.15) is 5.02 Å². The summed E-state index contributed by atoms with van der Waals surface area (Å²) in [6.07, 6.45) is 0. The van der Waals surface area contributed by atoms with E-state index >= 15 is 0 Å². The summed E-state index contributed by atoms with van der Waals surface area (Å²) < 4.78 is 6.41. The molecule has 2 N–H and O–H groups in total. The lowest BCUT2D eigenvalue weighted by molar-refractivity contribution is -0.150. The number of aryl methyl sites for hydroxylation is 1. The number of carbonyl (C=O) groups excluding carboxylic acids is 2. The van der Waals surface area contributed by atoms with E-state index in [4.69, 9.17) is 16.3 Å². The van der Waals surface area contributed by atoms with Gasteiger partial charge < -0.3 is 10.1 Å². The molecule has 0 radical (unpaired) electrons. The first-order chi connectivity index (χ1) is 12.3. The van der Waals surface area contributed by atoms with E-state index in [0.717, 1.165) is 11.3 Å². The van der Waals surface area contributed by atoms with Crippen LogP contribution < -0.4 is 5.32 Å². The normalized spacial score (nSPS) is 11.1. The van der Waals surface area contributed by atoms with Gasteiger partial charge in [-0.1, -0.05) is 25.4 Å². The maximum absolute atomic E-state index is 11.8. The maximum atomic E-state index is 11.8. The summed E-state index contributed by atoms with van der Waals surface area (Å²) in [7, 11) is 0. The molecular formula is C17H18ClN5O3. The molecule has 0 unspecified atom stereocenters. The molecule has 0 fully saturated rings. The summed E-state index contributed by atoms with van der Waals surface area (Å²) in [6, 6.07) is 7.01. The Hall–Kier alpha value is -2.87. The standard InChI is InChI=1S/C17H18ClN5O3/c1-9(2)17(25)26-8-13(24)19-12-6-4-11(5-7-12)15-20-16-14(18)10(3)21-23(16)22-15/h4-7,9,21H,8H2,1-3H3,(H,19,24). The number of aromatic amines is 1. The second kappa shape index (κ2) is 7.17. The third-order valence-electron chi connectivity index (χ3n) is 3.65. The number of nitrogens with one attached hydrogen (secondary N) is 2. The molecule has 9 heteroatoms. The molecule has 0 saturated carbocycles. The Bertz CT molecular complexity index is 959. The number of halogens is 1. The average Bonchev–Trinajstić information content (AvgIpc) is 3.13. The number of ether oxygens (including phenoxy) is 1. The summed E-state index contributed by atoms with van der Waals surface area (Å²) in [5, 5.41) is 10.5. The summed E-state index contributed by atoms with van der Waals surface area (Å²) in [6.45, 7) is 4.94. The molecule has 26 heavy (non-hydrogen) atoms. The highest BCUT2D eigenvalue weighted by Crippen LogP contribution is 2.24. The van der Waals surface area contributed by atoms with E-state index in [1.165, 1.54) is 4.63 Å². The SMILES string of the molecule is Cc1[nH]n2nc(-c3ccc(NC(=O)COC(=O)C(C)C)cc3)nc2c1Cl. The number of hydrogen-bond donors (Lipinski definition) is 2. The summed E-state index contributed by atoms with van der Waals surface area (Å²) in [5.41, 5.74) is 2.71. The number of carbonyl (C=O) groups is 2. The first kappa shape index (κ1) is 17.9. The highest BCUT2D eigenvalue weighted by Gasteiger charge is 2.14. The molecule has 0 aliphatic heterocycles. The lowest BCUT2D eigenvalue weighted by atomic mass is 10.2.